The minimum atomic E-state index is -0.506. The second kappa shape index (κ2) is 5.58. The smallest absolute Gasteiger partial charge is 0.407 e. The lowest BCUT2D eigenvalue weighted by Crippen LogP contribution is -2.41. The highest BCUT2D eigenvalue weighted by molar-refractivity contribution is 6.27. The summed E-state index contributed by atoms with van der Waals surface area (Å²) in [6.07, 6.45) is 0.296. The molecule has 0 aromatic carbocycles. The van der Waals surface area contributed by atoms with E-state index in [-0.39, 0.29) is 17.8 Å². The first-order valence-corrected chi connectivity index (χ1v) is 6.18. The fraction of sp³-hybridized carbons (Fsp3) is 0.818. The number of rotatable bonds is 2. The van der Waals surface area contributed by atoms with Crippen LogP contribution in [0.2, 0.25) is 0 Å². The Balaban J connectivity index is 2.35. The third kappa shape index (κ3) is 4.81. The van der Waals surface area contributed by atoms with Crippen molar-refractivity contribution in [1.29, 1.82) is 0 Å². The van der Waals surface area contributed by atoms with Crippen LogP contribution in [-0.4, -0.2) is 47.5 Å². The first-order chi connectivity index (χ1) is 7.81. The molecule has 0 saturated carbocycles. The highest BCUT2D eigenvalue weighted by Gasteiger charge is 2.28. The summed E-state index contributed by atoms with van der Waals surface area (Å²) in [7, 11) is 0. The van der Waals surface area contributed by atoms with Crippen LogP contribution in [0.5, 0.6) is 0 Å². The van der Waals surface area contributed by atoms with Gasteiger partial charge in [0.1, 0.15) is 11.5 Å². The van der Waals surface area contributed by atoms with E-state index in [2.05, 4.69) is 5.32 Å². The van der Waals surface area contributed by atoms with E-state index in [1.165, 1.54) is 0 Å². The summed E-state index contributed by atoms with van der Waals surface area (Å²) >= 11 is 5.47. The van der Waals surface area contributed by atoms with Gasteiger partial charge in [-0.15, -0.1) is 11.6 Å². The molecule has 0 radical (unpaired) electrons. The topological polar surface area (TPSA) is 58.6 Å². The highest BCUT2D eigenvalue weighted by atomic mass is 35.5. The maximum Gasteiger partial charge on any atom is 0.407 e. The Labute approximate surface area is 106 Å². The number of hydrogen-bond donors (Lipinski definition) is 1. The van der Waals surface area contributed by atoms with Crippen molar-refractivity contribution in [2.24, 2.45) is 0 Å². The van der Waals surface area contributed by atoms with Crippen LogP contribution in [0.15, 0.2) is 0 Å². The van der Waals surface area contributed by atoms with Gasteiger partial charge in [-0.1, -0.05) is 0 Å². The largest absolute Gasteiger partial charge is 0.444 e. The zero-order valence-electron chi connectivity index (χ0n) is 10.5. The lowest BCUT2D eigenvalue weighted by molar-refractivity contribution is -0.127. The van der Waals surface area contributed by atoms with Gasteiger partial charge in [0.25, 0.3) is 0 Å². The van der Waals surface area contributed by atoms with Gasteiger partial charge in [0, 0.05) is 13.1 Å². The molecule has 0 aromatic rings. The zero-order valence-corrected chi connectivity index (χ0v) is 11.2. The van der Waals surface area contributed by atoms with Crippen molar-refractivity contribution in [2.75, 3.05) is 19.0 Å². The molecule has 0 spiro atoms. The van der Waals surface area contributed by atoms with Crippen LogP contribution in [0.4, 0.5) is 4.79 Å². The van der Waals surface area contributed by atoms with Crippen molar-refractivity contribution in [2.45, 2.75) is 38.8 Å². The SMILES string of the molecule is CC(C)(C)OC(=O)NC1CCN(C(=O)CCl)C1. The Bertz CT molecular complexity index is 302. The van der Waals surface area contributed by atoms with E-state index in [9.17, 15) is 9.59 Å². The number of carbonyl (C=O) groups is 2. The summed E-state index contributed by atoms with van der Waals surface area (Å²) in [4.78, 5) is 24.5. The van der Waals surface area contributed by atoms with E-state index in [4.69, 9.17) is 16.3 Å². The number of alkyl halides is 1. The van der Waals surface area contributed by atoms with E-state index >= 15 is 0 Å². The number of ether oxygens (including phenoxy) is 1. The number of hydrogen-bond acceptors (Lipinski definition) is 3. The third-order valence-electron chi connectivity index (χ3n) is 2.38. The van der Waals surface area contributed by atoms with Gasteiger partial charge in [0.2, 0.25) is 5.91 Å². The number of likely N-dealkylation sites (tertiary alicyclic amines) is 1. The van der Waals surface area contributed by atoms with Crippen LogP contribution in [0.3, 0.4) is 0 Å². The van der Waals surface area contributed by atoms with Crippen LogP contribution >= 0.6 is 11.6 Å². The molecule has 6 heteroatoms. The van der Waals surface area contributed by atoms with E-state index in [1.54, 1.807) is 4.90 Å². The molecule has 0 bridgehead atoms. The maximum atomic E-state index is 11.5. The quantitative estimate of drug-likeness (QED) is 0.765. The van der Waals surface area contributed by atoms with Crippen molar-refractivity contribution in [3.63, 3.8) is 0 Å². The molecule has 1 unspecified atom stereocenters. The normalized spacial score (nSPS) is 20.2. The van der Waals surface area contributed by atoms with Crippen molar-refractivity contribution < 1.29 is 14.3 Å². The number of nitrogens with one attached hydrogen (secondary N) is 1. The summed E-state index contributed by atoms with van der Waals surface area (Å²) in [6.45, 7) is 6.57. The first-order valence-electron chi connectivity index (χ1n) is 5.65. The summed E-state index contributed by atoms with van der Waals surface area (Å²) in [6, 6.07) is -0.0444. The minimum Gasteiger partial charge on any atom is -0.444 e. The van der Waals surface area contributed by atoms with E-state index in [1.807, 2.05) is 20.8 Å². The van der Waals surface area contributed by atoms with Gasteiger partial charge >= 0.3 is 6.09 Å². The molecule has 1 aliphatic rings. The molecule has 2 amide bonds. The monoisotopic (exact) mass is 262 g/mol. The highest BCUT2D eigenvalue weighted by Crippen LogP contribution is 2.12. The summed E-state index contributed by atoms with van der Waals surface area (Å²) in [5.74, 6) is -0.112. The lowest BCUT2D eigenvalue weighted by Gasteiger charge is -2.21. The van der Waals surface area contributed by atoms with Gasteiger partial charge in [0.15, 0.2) is 0 Å². The molecule has 1 atom stereocenters. The molecule has 1 N–H and O–H groups in total. The standard InChI is InChI=1S/C11H19ClN2O3/c1-11(2,3)17-10(16)13-8-4-5-14(7-8)9(15)6-12/h8H,4-7H2,1-3H3,(H,13,16). The van der Waals surface area contributed by atoms with Crippen molar-refractivity contribution in [3.8, 4) is 0 Å². The van der Waals surface area contributed by atoms with Crippen LogP contribution in [0.25, 0.3) is 0 Å². The average Bonchev–Trinajstić information content (AvgIpc) is 2.62. The molecular formula is C11H19ClN2O3. The average molecular weight is 263 g/mol. The van der Waals surface area contributed by atoms with Gasteiger partial charge in [-0.3, -0.25) is 4.79 Å². The molecule has 5 nitrogen and oxygen atoms in total. The Morgan fingerprint density at radius 2 is 2.12 bits per heavy atom. The predicted molar refractivity (Wildman–Crippen MR) is 65.1 cm³/mol. The second-order valence-electron chi connectivity index (χ2n) is 5.11. The molecule has 1 aliphatic heterocycles. The van der Waals surface area contributed by atoms with Crippen LogP contribution in [0, 0.1) is 0 Å². The van der Waals surface area contributed by atoms with Crippen molar-refractivity contribution in [1.82, 2.24) is 10.2 Å². The van der Waals surface area contributed by atoms with Gasteiger partial charge < -0.3 is 15.0 Å². The van der Waals surface area contributed by atoms with E-state index in [0.717, 1.165) is 6.42 Å². The molecule has 98 valence electrons. The molecule has 1 fully saturated rings. The Morgan fingerprint density at radius 3 is 2.65 bits per heavy atom. The number of carbonyl (C=O) groups excluding carboxylic acids is 2. The second-order valence-corrected chi connectivity index (χ2v) is 5.37. The Kier molecular flexibility index (Phi) is 4.62. The summed E-state index contributed by atoms with van der Waals surface area (Å²) in [5.41, 5.74) is -0.506. The summed E-state index contributed by atoms with van der Waals surface area (Å²) < 4.78 is 5.14. The number of alkyl carbamates (subject to hydrolysis) is 1. The Morgan fingerprint density at radius 1 is 1.47 bits per heavy atom. The van der Waals surface area contributed by atoms with Crippen LogP contribution in [0.1, 0.15) is 27.2 Å². The van der Waals surface area contributed by atoms with Gasteiger partial charge in [-0.2, -0.15) is 0 Å². The van der Waals surface area contributed by atoms with Gasteiger partial charge in [-0.05, 0) is 27.2 Å². The minimum absolute atomic E-state index is 0.0147. The molecule has 0 aromatic heterocycles. The molecule has 1 rings (SSSR count). The van der Waals surface area contributed by atoms with Gasteiger partial charge in [-0.25, -0.2) is 4.79 Å². The zero-order chi connectivity index (χ0) is 13.1. The molecule has 0 aliphatic carbocycles. The summed E-state index contributed by atoms with van der Waals surface area (Å²) in [5, 5.41) is 2.75. The van der Waals surface area contributed by atoms with Crippen LogP contribution < -0.4 is 5.32 Å². The Hall–Kier alpha value is -0.970. The van der Waals surface area contributed by atoms with Crippen molar-refractivity contribution in [3.05, 3.63) is 0 Å². The molecular weight excluding hydrogens is 244 g/mol. The molecule has 17 heavy (non-hydrogen) atoms. The number of amides is 2. The van der Waals surface area contributed by atoms with E-state index < -0.39 is 11.7 Å². The first kappa shape index (κ1) is 14.1. The third-order valence-corrected chi connectivity index (χ3v) is 2.60. The fourth-order valence-electron chi connectivity index (χ4n) is 1.66. The maximum absolute atomic E-state index is 11.5. The molecule has 1 saturated heterocycles. The fourth-order valence-corrected chi connectivity index (χ4v) is 1.83. The number of nitrogens with zero attached hydrogens (tertiary/aromatic N) is 1. The van der Waals surface area contributed by atoms with E-state index in [0.29, 0.717) is 13.1 Å². The van der Waals surface area contributed by atoms with Gasteiger partial charge in [0.05, 0.1) is 6.04 Å². The molecule has 1 heterocycles. The lowest BCUT2D eigenvalue weighted by atomic mass is 10.2. The van der Waals surface area contributed by atoms with Crippen molar-refractivity contribution >= 4 is 23.6 Å². The number of halogens is 1. The predicted octanol–water partition coefficient (Wildman–Crippen LogP) is 1.35. The van der Waals surface area contributed by atoms with Crippen LogP contribution in [-0.2, 0) is 9.53 Å².